The van der Waals surface area contributed by atoms with Crippen molar-refractivity contribution in [2.24, 2.45) is 5.92 Å². The normalized spacial score (nSPS) is 25.2. The predicted molar refractivity (Wildman–Crippen MR) is 85.9 cm³/mol. The molecule has 2 fully saturated rings. The highest BCUT2D eigenvalue weighted by Crippen LogP contribution is 2.17. The summed E-state index contributed by atoms with van der Waals surface area (Å²) < 4.78 is 5.21. The lowest BCUT2D eigenvalue weighted by Crippen LogP contribution is -3.12. The second-order valence-electron chi connectivity index (χ2n) is 6.60. The molecule has 1 N–H and O–H groups in total. The Bertz CT molecular complexity index is 494. The highest BCUT2D eigenvalue weighted by atomic mass is 16.5. The van der Waals surface area contributed by atoms with Crippen molar-refractivity contribution < 1.29 is 14.4 Å². The summed E-state index contributed by atoms with van der Waals surface area (Å²) in [4.78, 5) is 16.2. The van der Waals surface area contributed by atoms with Crippen molar-refractivity contribution in [2.75, 3.05) is 33.3 Å². The Morgan fingerprint density at radius 2 is 1.95 bits per heavy atom. The van der Waals surface area contributed by atoms with Gasteiger partial charge >= 0.3 is 0 Å². The van der Waals surface area contributed by atoms with E-state index < -0.39 is 0 Å². The smallest absolute Gasteiger partial charge is 0.231 e. The molecule has 3 rings (SSSR count). The number of amides is 1. The molecule has 22 heavy (non-hydrogen) atoms. The van der Waals surface area contributed by atoms with E-state index in [0.29, 0.717) is 5.91 Å². The number of likely N-dealkylation sites (tertiary alicyclic amines) is 2. The molecular weight excluding hydrogens is 276 g/mol. The summed E-state index contributed by atoms with van der Waals surface area (Å²) in [5.74, 6) is 1.55. The Morgan fingerprint density at radius 1 is 1.23 bits per heavy atom. The zero-order valence-corrected chi connectivity index (χ0v) is 13.5. The topological polar surface area (TPSA) is 34.0 Å². The summed E-state index contributed by atoms with van der Waals surface area (Å²) in [5, 5.41) is 0. The van der Waals surface area contributed by atoms with Crippen LogP contribution in [-0.4, -0.2) is 44.1 Å². The fourth-order valence-electron chi connectivity index (χ4n) is 3.75. The third-order valence-electron chi connectivity index (χ3n) is 5.00. The molecule has 0 bridgehead atoms. The number of piperidine rings is 1. The first-order chi connectivity index (χ1) is 10.8. The van der Waals surface area contributed by atoms with Crippen LogP contribution < -0.4 is 9.64 Å². The molecule has 1 unspecified atom stereocenters. The molecule has 2 aliphatic rings. The first-order valence-electron chi connectivity index (χ1n) is 8.51. The van der Waals surface area contributed by atoms with Gasteiger partial charge in [-0.3, -0.25) is 4.79 Å². The van der Waals surface area contributed by atoms with Crippen LogP contribution in [0.25, 0.3) is 0 Å². The third kappa shape index (κ3) is 3.61. The quantitative estimate of drug-likeness (QED) is 0.904. The van der Waals surface area contributed by atoms with Gasteiger partial charge in [0, 0.05) is 18.7 Å². The van der Waals surface area contributed by atoms with Crippen molar-refractivity contribution in [1.82, 2.24) is 4.90 Å². The van der Waals surface area contributed by atoms with Gasteiger partial charge in [-0.2, -0.15) is 0 Å². The second-order valence-corrected chi connectivity index (χ2v) is 6.60. The average Bonchev–Trinajstić information content (AvgIpc) is 3.09. The Kier molecular flexibility index (Phi) is 4.98. The van der Waals surface area contributed by atoms with Crippen LogP contribution in [0.1, 0.15) is 31.2 Å². The van der Waals surface area contributed by atoms with Gasteiger partial charge in [0.15, 0.2) is 0 Å². The van der Waals surface area contributed by atoms with Crippen molar-refractivity contribution in [3.05, 3.63) is 29.8 Å². The van der Waals surface area contributed by atoms with E-state index in [1.54, 1.807) is 7.11 Å². The number of quaternary nitrogens is 1. The first-order valence-corrected chi connectivity index (χ1v) is 8.51. The van der Waals surface area contributed by atoms with Gasteiger partial charge in [0.1, 0.15) is 12.3 Å². The van der Waals surface area contributed by atoms with Crippen molar-refractivity contribution >= 4 is 5.91 Å². The number of nitrogens with zero attached hydrogens (tertiary/aromatic N) is 1. The van der Waals surface area contributed by atoms with Crippen LogP contribution in [0.5, 0.6) is 5.75 Å². The van der Waals surface area contributed by atoms with E-state index in [2.05, 4.69) is 17.0 Å². The molecule has 1 aromatic carbocycles. The van der Waals surface area contributed by atoms with E-state index in [4.69, 9.17) is 4.74 Å². The van der Waals surface area contributed by atoms with Crippen molar-refractivity contribution in [1.29, 1.82) is 0 Å². The molecule has 2 saturated heterocycles. The number of methoxy groups -OCH3 is 1. The van der Waals surface area contributed by atoms with Crippen LogP contribution in [-0.2, 0) is 11.3 Å². The molecule has 0 radical (unpaired) electrons. The number of hydrogen-bond donors (Lipinski definition) is 1. The van der Waals surface area contributed by atoms with E-state index >= 15 is 0 Å². The largest absolute Gasteiger partial charge is 0.497 e. The van der Waals surface area contributed by atoms with Gasteiger partial charge in [-0.1, -0.05) is 0 Å². The lowest BCUT2D eigenvalue weighted by atomic mass is 9.96. The number of hydrogen-bond acceptors (Lipinski definition) is 2. The molecule has 1 amide bonds. The molecule has 2 heterocycles. The van der Waals surface area contributed by atoms with Gasteiger partial charge in [-0.05, 0) is 49.9 Å². The highest BCUT2D eigenvalue weighted by Gasteiger charge is 2.32. The molecule has 0 spiro atoms. The van der Waals surface area contributed by atoms with Gasteiger partial charge in [0.2, 0.25) is 5.91 Å². The molecule has 1 aromatic rings. The maximum atomic E-state index is 12.6. The number of benzene rings is 1. The van der Waals surface area contributed by atoms with Crippen LogP contribution in [0.3, 0.4) is 0 Å². The SMILES string of the molecule is COc1ccc(C[NH+]2CCC[C@@H](C(=O)N3CCCC3)C2)cc1. The Hall–Kier alpha value is -1.55. The van der Waals surface area contributed by atoms with Crippen molar-refractivity contribution in [2.45, 2.75) is 32.2 Å². The fraction of sp³-hybridized carbons (Fsp3) is 0.611. The van der Waals surface area contributed by atoms with E-state index in [9.17, 15) is 4.79 Å². The molecule has 0 aliphatic carbocycles. The number of ether oxygens (including phenoxy) is 1. The Labute approximate surface area is 133 Å². The summed E-state index contributed by atoms with van der Waals surface area (Å²) in [5.41, 5.74) is 1.32. The summed E-state index contributed by atoms with van der Waals surface area (Å²) in [7, 11) is 1.69. The van der Waals surface area contributed by atoms with E-state index in [1.807, 2.05) is 12.1 Å². The number of rotatable bonds is 4. The molecule has 4 nitrogen and oxygen atoms in total. The van der Waals surface area contributed by atoms with Gasteiger partial charge < -0.3 is 14.5 Å². The maximum absolute atomic E-state index is 12.6. The van der Waals surface area contributed by atoms with Gasteiger partial charge in [0.05, 0.1) is 26.1 Å². The Balaban J connectivity index is 1.56. The fourth-order valence-corrected chi connectivity index (χ4v) is 3.75. The molecule has 4 heteroatoms. The molecule has 0 aromatic heterocycles. The lowest BCUT2D eigenvalue weighted by molar-refractivity contribution is -0.921. The first kappa shape index (κ1) is 15.3. The average molecular weight is 303 g/mol. The zero-order valence-electron chi connectivity index (χ0n) is 13.5. The zero-order chi connectivity index (χ0) is 15.4. The van der Waals surface area contributed by atoms with Crippen LogP contribution >= 0.6 is 0 Å². The molecular formula is C18H27N2O2+. The van der Waals surface area contributed by atoms with E-state index in [-0.39, 0.29) is 5.92 Å². The predicted octanol–water partition coefficient (Wildman–Crippen LogP) is 1.11. The summed E-state index contributed by atoms with van der Waals surface area (Å²) in [6.07, 6.45) is 4.60. The summed E-state index contributed by atoms with van der Waals surface area (Å²) in [6.45, 7) is 5.12. The highest BCUT2D eigenvalue weighted by molar-refractivity contribution is 5.79. The summed E-state index contributed by atoms with van der Waals surface area (Å²) in [6, 6.07) is 8.31. The van der Waals surface area contributed by atoms with E-state index in [0.717, 1.165) is 44.8 Å². The minimum absolute atomic E-state index is 0.236. The molecule has 120 valence electrons. The van der Waals surface area contributed by atoms with E-state index in [1.165, 1.54) is 29.8 Å². The number of carbonyl (C=O) groups is 1. The monoisotopic (exact) mass is 303 g/mol. The number of nitrogens with one attached hydrogen (secondary N) is 1. The minimum atomic E-state index is 0.236. The third-order valence-corrected chi connectivity index (χ3v) is 5.00. The molecule has 0 saturated carbocycles. The second kappa shape index (κ2) is 7.14. The maximum Gasteiger partial charge on any atom is 0.231 e. The van der Waals surface area contributed by atoms with Crippen LogP contribution in [0, 0.1) is 5.92 Å². The van der Waals surface area contributed by atoms with Crippen LogP contribution in [0.15, 0.2) is 24.3 Å². The Morgan fingerprint density at radius 3 is 2.64 bits per heavy atom. The standard InChI is InChI=1S/C18H26N2O2/c1-22-17-8-6-15(7-9-17)13-19-10-4-5-16(14-19)18(21)20-11-2-3-12-20/h6-9,16H,2-5,10-14H2,1H3/p+1/t16-/m1/s1. The van der Waals surface area contributed by atoms with Gasteiger partial charge in [0.25, 0.3) is 0 Å². The summed E-state index contributed by atoms with van der Waals surface area (Å²) >= 11 is 0. The van der Waals surface area contributed by atoms with Crippen molar-refractivity contribution in [3.8, 4) is 5.75 Å². The minimum Gasteiger partial charge on any atom is -0.497 e. The molecule has 2 aliphatic heterocycles. The van der Waals surface area contributed by atoms with Gasteiger partial charge in [-0.25, -0.2) is 0 Å². The van der Waals surface area contributed by atoms with Crippen LogP contribution in [0.2, 0.25) is 0 Å². The van der Waals surface area contributed by atoms with Crippen molar-refractivity contribution in [3.63, 3.8) is 0 Å². The molecule has 2 atom stereocenters. The van der Waals surface area contributed by atoms with Crippen LogP contribution in [0.4, 0.5) is 0 Å². The number of carbonyl (C=O) groups excluding carboxylic acids is 1. The van der Waals surface area contributed by atoms with Gasteiger partial charge in [-0.15, -0.1) is 0 Å². The lowest BCUT2D eigenvalue weighted by Gasteiger charge is -2.31.